The average molecular weight is 470 g/mol. The van der Waals surface area contributed by atoms with Gasteiger partial charge in [-0.05, 0) is 25.0 Å². The summed E-state index contributed by atoms with van der Waals surface area (Å²) in [4.78, 5) is 15.6. The van der Waals surface area contributed by atoms with E-state index in [2.05, 4.69) is 15.2 Å². The lowest BCUT2D eigenvalue weighted by Crippen LogP contribution is -2.30. The number of nitrogens with two attached hydrogens (primary N) is 1. The van der Waals surface area contributed by atoms with E-state index >= 15 is 0 Å². The molecular formula is C18H17F3N6O4S. The van der Waals surface area contributed by atoms with E-state index in [-0.39, 0.29) is 35.0 Å². The number of alkyl halides is 3. The Hall–Kier alpha value is -3.42. The first kappa shape index (κ1) is 21.8. The Morgan fingerprint density at radius 3 is 2.56 bits per heavy atom. The quantitative estimate of drug-likeness (QED) is 0.555. The maximum Gasteiger partial charge on any atom is 0.397 e. The lowest BCUT2D eigenvalue weighted by Gasteiger charge is -2.18. The summed E-state index contributed by atoms with van der Waals surface area (Å²) in [6.07, 6.45) is -0.705. The van der Waals surface area contributed by atoms with Crippen LogP contribution in [0.2, 0.25) is 0 Å². The largest absolute Gasteiger partial charge is 0.476 e. The number of nitrogens with zero attached hydrogens (tertiary/aromatic N) is 5. The minimum absolute atomic E-state index is 0.00993. The minimum Gasteiger partial charge on any atom is -0.476 e. The molecule has 1 saturated carbocycles. The highest BCUT2D eigenvalue weighted by Gasteiger charge is 2.64. The number of sulfone groups is 1. The van der Waals surface area contributed by atoms with Crippen LogP contribution in [-0.4, -0.2) is 51.7 Å². The SMILES string of the molecule is Cn1cc(S(=O)(=O)c2nc(-n3ccc(OCC4(C(F)(F)F)CC4)n3)ccc2C(N)=O)cn1. The van der Waals surface area contributed by atoms with Gasteiger partial charge in [0.25, 0.3) is 5.91 Å². The summed E-state index contributed by atoms with van der Waals surface area (Å²) in [5.74, 6) is -1.10. The Bertz CT molecular complexity index is 1290. The minimum atomic E-state index is -4.36. The van der Waals surface area contributed by atoms with Gasteiger partial charge in [0, 0.05) is 25.5 Å². The van der Waals surface area contributed by atoms with Crippen LogP contribution in [0.15, 0.2) is 46.7 Å². The molecule has 0 aliphatic heterocycles. The van der Waals surface area contributed by atoms with E-state index in [4.69, 9.17) is 10.5 Å². The van der Waals surface area contributed by atoms with Crippen LogP contribution in [0.25, 0.3) is 5.82 Å². The van der Waals surface area contributed by atoms with Crippen LogP contribution in [0.5, 0.6) is 5.88 Å². The molecule has 32 heavy (non-hydrogen) atoms. The van der Waals surface area contributed by atoms with Crippen LogP contribution in [0, 0.1) is 5.41 Å². The van der Waals surface area contributed by atoms with E-state index in [1.165, 1.54) is 42.3 Å². The Morgan fingerprint density at radius 1 is 1.28 bits per heavy atom. The second kappa shape index (κ2) is 7.32. The standard InChI is InChI=1S/C18H17F3N6O4S/c1-26-9-11(8-23-26)32(29,30)16-12(15(22)28)2-3-13(24-16)27-7-4-14(25-27)31-10-17(5-6-17)18(19,20)21/h2-4,7-9H,5-6,10H2,1H3,(H2,22,28). The normalized spacial score (nSPS) is 15.5. The Morgan fingerprint density at radius 2 is 2.00 bits per heavy atom. The van der Waals surface area contributed by atoms with Gasteiger partial charge in [-0.3, -0.25) is 9.48 Å². The second-order valence-electron chi connectivity index (χ2n) is 7.40. The molecule has 0 spiro atoms. The monoisotopic (exact) mass is 470 g/mol. The van der Waals surface area contributed by atoms with Gasteiger partial charge < -0.3 is 10.5 Å². The van der Waals surface area contributed by atoms with Crippen molar-refractivity contribution in [2.24, 2.45) is 18.2 Å². The number of halogens is 3. The molecule has 1 fully saturated rings. The molecule has 1 aliphatic rings. The highest BCUT2D eigenvalue weighted by Crippen LogP contribution is 2.57. The first-order valence-electron chi connectivity index (χ1n) is 9.23. The van der Waals surface area contributed by atoms with Crippen LogP contribution >= 0.6 is 0 Å². The summed E-state index contributed by atoms with van der Waals surface area (Å²) in [6, 6.07) is 3.81. The van der Waals surface area contributed by atoms with E-state index in [1.807, 2.05) is 0 Å². The van der Waals surface area contributed by atoms with Crippen LogP contribution < -0.4 is 10.5 Å². The molecule has 0 aromatic carbocycles. The number of hydrogen-bond acceptors (Lipinski definition) is 7. The summed E-state index contributed by atoms with van der Waals surface area (Å²) in [5.41, 5.74) is 3.12. The van der Waals surface area contributed by atoms with Gasteiger partial charge in [-0.25, -0.2) is 18.1 Å². The number of aromatic nitrogens is 5. The first-order valence-corrected chi connectivity index (χ1v) is 10.7. The third-order valence-electron chi connectivity index (χ3n) is 5.11. The lowest BCUT2D eigenvalue weighted by molar-refractivity contribution is -0.194. The fraction of sp³-hybridized carbons (Fsp3) is 0.333. The van der Waals surface area contributed by atoms with Crippen molar-refractivity contribution in [3.63, 3.8) is 0 Å². The van der Waals surface area contributed by atoms with Crippen molar-refractivity contribution in [3.8, 4) is 11.7 Å². The van der Waals surface area contributed by atoms with Crippen molar-refractivity contribution in [1.82, 2.24) is 24.5 Å². The number of ether oxygens (including phenoxy) is 1. The van der Waals surface area contributed by atoms with Gasteiger partial charge in [-0.2, -0.15) is 18.3 Å². The molecule has 0 unspecified atom stereocenters. The number of aryl methyl sites for hydroxylation is 1. The molecule has 3 aromatic rings. The Kier molecular flexibility index (Phi) is 4.99. The molecule has 0 saturated heterocycles. The molecule has 4 rings (SSSR count). The molecule has 14 heteroatoms. The number of rotatable bonds is 7. The molecular weight excluding hydrogens is 453 g/mol. The maximum atomic E-state index is 13.1. The topological polar surface area (TPSA) is 135 Å². The second-order valence-corrected chi connectivity index (χ2v) is 9.27. The summed E-state index contributed by atoms with van der Waals surface area (Å²) in [6.45, 7) is -0.567. The van der Waals surface area contributed by atoms with Crippen molar-refractivity contribution >= 4 is 15.7 Å². The van der Waals surface area contributed by atoms with Gasteiger partial charge in [0.05, 0.1) is 11.8 Å². The third-order valence-corrected chi connectivity index (χ3v) is 6.76. The van der Waals surface area contributed by atoms with E-state index in [1.54, 1.807) is 0 Å². The van der Waals surface area contributed by atoms with Crippen LogP contribution in [0.4, 0.5) is 13.2 Å². The number of hydrogen-bond donors (Lipinski definition) is 1. The number of pyridine rings is 1. The zero-order valence-corrected chi connectivity index (χ0v) is 17.4. The number of primary amides is 1. The molecule has 1 amide bonds. The van der Waals surface area contributed by atoms with Crippen LogP contribution in [0.3, 0.4) is 0 Å². The Labute approximate surface area is 179 Å². The van der Waals surface area contributed by atoms with Crippen molar-refractivity contribution in [3.05, 3.63) is 42.4 Å². The summed E-state index contributed by atoms with van der Waals surface area (Å²) in [7, 11) is -2.73. The zero-order chi connectivity index (χ0) is 23.3. The molecule has 0 bridgehead atoms. The Balaban J connectivity index is 1.64. The van der Waals surface area contributed by atoms with Gasteiger partial charge in [0.15, 0.2) is 10.8 Å². The summed E-state index contributed by atoms with van der Waals surface area (Å²) < 4.78 is 72.7. The predicted molar refractivity (Wildman–Crippen MR) is 102 cm³/mol. The number of amides is 1. The van der Waals surface area contributed by atoms with Crippen molar-refractivity contribution < 1.29 is 31.1 Å². The van der Waals surface area contributed by atoms with E-state index in [9.17, 15) is 26.4 Å². The van der Waals surface area contributed by atoms with E-state index in [0.29, 0.717) is 0 Å². The number of carbonyl (C=O) groups is 1. The molecule has 3 heterocycles. The first-order chi connectivity index (χ1) is 14.9. The predicted octanol–water partition coefficient (Wildman–Crippen LogP) is 1.65. The van der Waals surface area contributed by atoms with E-state index < -0.39 is 39.0 Å². The fourth-order valence-corrected chi connectivity index (χ4v) is 4.36. The van der Waals surface area contributed by atoms with Gasteiger partial charge in [-0.15, -0.1) is 5.10 Å². The molecule has 1 aliphatic carbocycles. The average Bonchev–Trinajstić information content (AvgIpc) is 3.16. The van der Waals surface area contributed by atoms with Crippen LogP contribution in [-0.2, 0) is 16.9 Å². The summed E-state index contributed by atoms with van der Waals surface area (Å²) >= 11 is 0. The lowest BCUT2D eigenvalue weighted by atomic mass is 10.1. The van der Waals surface area contributed by atoms with Gasteiger partial charge in [0.2, 0.25) is 15.7 Å². The molecule has 170 valence electrons. The van der Waals surface area contributed by atoms with E-state index in [0.717, 1.165) is 10.9 Å². The fourth-order valence-electron chi connectivity index (χ4n) is 2.98. The molecule has 0 radical (unpaired) electrons. The van der Waals surface area contributed by atoms with Gasteiger partial charge in [-0.1, -0.05) is 0 Å². The number of carbonyl (C=O) groups excluding carboxylic acids is 1. The van der Waals surface area contributed by atoms with Gasteiger partial charge >= 0.3 is 6.18 Å². The van der Waals surface area contributed by atoms with Crippen molar-refractivity contribution in [2.75, 3.05) is 6.61 Å². The van der Waals surface area contributed by atoms with Crippen molar-refractivity contribution in [2.45, 2.75) is 28.9 Å². The van der Waals surface area contributed by atoms with Gasteiger partial charge in [0.1, 0.15) is 16.9 Å². The van der Waals surface area contributed by atoms with Crippen LogP contribution in [0.1, 0.15) is 23.2 Å². The highest BCUT2D eigenvalue weighted by molar-refractivity contribution is 7.91. The molecule has 10 nitrogen and oxygen atoms in total. The maximum absolute atomic E-state index is 13.1. The molecule has 3 aromatic heterocycles. The van der Waals surface area contributed by atoms with Crippen molar-refractivity contribution in [1.29, 1.82) is 0 Å². The third kappa shape index (κ3) is 3.81. The smallest absolute Gasteiger partial charge is 0.397 e. The zero-order valence-electron chi connectivity index (χ0n) is 16.6. The molecule has 0 atom stereocenters. The molecule has 2 N–H and O–H groups in total. The summed E-state index contributed by atoms with van der Waals surface area (Å²) in [5, 5.41) is 7.22. The highest BCUT2D eigenvalue weighted by atomic mass is 32.2.